The molecule has 1 atom stereocenters. The Morgan fingerprint density at radius 3 is 0.884 bits per heavy atom. The Morgan fingerprint density at radius 1 is 0.304 bits per heavy atom. The van der Waals surface area contributed by atoms with Crippen molar-refractivity contribution in [2.75, 3.05) is 13.2 Å². The number of ether oxygens (including phenoxy) is 3. The maximum absolute atomic E-state index is 12.8. The zero-order chi connectivity index (χ0) is 50.0. The molecule has 0 spiro atoms. The molecule has 0 bridgehead atoms. The second-order valence-corrected chi connectivity index (χ2v) is 19.9. The van der Waals surface area contributed by atoms with Crippen LogP contribution < -0.4 is 0 Å². The van der Waals surface area contributed by atoms with E-state index in [1.165, 1.54) is 173 Å². The number of allylic oxidation sites excluding steroid dienone is 10. The van der Waals surface area contributed by atoms with E-state index in [-0.39, 0.29) is 31.1 Å². The summed E-state index contributed by atoms with van der Waals surface area (Å²) in [5.74, 6) is -0.870. The Kier molecular flexibility index (Phi) is 55.3. The van der Waals surface area contributed by atoms with Crippen molar-refractivity contribution in [2.24, 2.45) is 0 Å². The van der Waals surface area contributed by atoms with E-state index in [4.69, 9.17) is 14.2 Å². The molecular weight excluding hydrogens is 853 g/mol. The molecule has 0 aliphatic heterocycles. The summed E-state index contributed by atoms with van der Waals surface area (Å²) >= 11 is 0. The van der Waals surface area contributed by atoms with E-state index in [1.807, 2.05) is 0 Å². The van der Waals surface area contributed by atoms with Crippen LogP contribution >= 0.6 is 0 Å². The Morgan fingerprint density at radius 2 is 0.565 bits per heavy atom. The summed E-state index contributed by atoms with van der Waals surface area (Å²) in [6.07, 6.45) is 72.5. The minimum Gasteiger partial charge on any atom is -0.462 e. The van der Waals surface area contributed by atoms with Crippen LogP contribution in [0, 0.1) is 0 Å². The van der Waals surface area contributed by atoms with Gasteiger partial charge in [0.1, 0.15) is 13.2 Å². The largest absolute Gasteiger partial charge is 0.462 e. The van der Waals surface area contributed by atoms with Crippen LogP contribution in [0.15, 0.2) is 60.8 Å². The number of carbonyl (C=O) groups excluding carboxylic acids is 3. The number of unbranched alkanes of at least 4 members (excludes halogenated alkanes) is 33. The van der Waals surface area contributed by atoms with Crippen molar-refractivity contribution in [2.45, 2.75) is 309 Å². The van der Waals surface area contributed by atoms with Crippen LogP contribution in [0.3, 0.4) is 0 Å². The first-order valence-corrected chi connectivity index (χ1v) is 29.8. The van der Waals surface area contributed by atoms with Gasteiger partial charge in [-0.1, -0.05) is 281 Å². The minimum atomic E-state index is -0.769. The Balaban J connectivity index is 4.09. The lowest BCUT2D eigenvalue weighted by Crippen LogP contribution is -2.30. The molecule has 0 aromatic carbocycles. The molecule has 1 unspecified atom stereocenters. The summed E-state index contributed by atoms with van der Waals surface area (Å²) in [4.78, 5) is 37.9. The molecule has 0 aliphatic rings. The van der Waals surface area contributed by atoms with Gasteiger partial charge in [-0.2, -0.15) is 0 Å². The molecule has 69 heavy (non-hydrogen) atoms. The van der Waals surface area contributed by atoms with E-state index >= 15 is 0 Å². The molecule has 0 aromatic heterocycles. The van der Waals surface area contributed by atoms with Gasteiger partial charge in [0.25, 0.3) is 0 Å². The molecule has 400 valence electrons. The normalized spacial score (nSPS) is 12.4. The van der Waals surface area contributed by atoms with Crippen LogP contribution in [0.5, 0.6) is 0 Å². The summed E-state index contributed by atoms with van der Waals surface area (Å²) in [5.41, 5.74) is 0. The monoisotopic (exact) mass is 965 g/mol. The summed E-state index contributed by atoms with van der Waals surface area (Å²) in [6, 6.07) is 0. The molecule has 6 nitrogen and oxygen atoms in total. The topological polar surface area (TPSA) is 78.9 Å². The quantitative estimate of drug-likeness (QED) is 0.0262. The van der Waals surface area contributed by atoms with Gasteiger partial charge in [0.2, 0.25) is 0 Å². The summed E-state index contributed by atoms with van der Waals surface area (Å²) < 4.78 is 16.8. The first-order chi connectivity index (χ1) is 34.0. The fraction of sp³-hybridized carbons (Fsp3) is 0.794. The van der Waals surface area contributed by atoms with Gasteiger partial charge in [0.05, 0.1) is 0 Å². The smallest absolute Gasteiger partial charge is 0.306 e. The second kappa shape index (κ2) is 57.7. The van der Waals surface area contributed by atoms with Crippen LogP contribution in [-0.2, 0) is 28.6 Å². The lowest BCUT2D eigenvalue weighted by atomic mass is 10.0. The molecule has 0 aliphatic carbocycles. The van der Waals surface area contributed by atoms with Crippen LogP contribution in [-0.4, -0.2) is 37.2 Å². The van der Waals surface area contributed by atoms with Gasteiger partial charge in [-0.3, -0.25) is 14.4 Å². The summed E-state index contributed by atoms with van der Waals surface area (Å²) in [5, 5.41) is 0. The third-order valence-electron chi connectivity index (χ3n) is 13.0. The third-order valence-corrected chi connectivity index (χ3v) is 13.0. The molecule has 6 heteroatoms. The van der Waals surface area contributed by atoms with E-state index in [0.717, 1.165) is 89.9 Å². The maximum Gasteiger partial charge on any atom is 0.306 e. The highest BCUT2D eigenvalue weighted by Gasteiger charge is 2.19. The lowest BCUT2D eigenvalue weighted by molar-refractivity contribution is -0.167. The molecule has 0 heterocycles. The lowest BCUT2D eigenvalue weighted by Gasteiger charge is -2.18. The van der Waals surface area contributed by atoms with Crippen LogP contribution in [0.4, 0.5) is 0 Å². The van der Waals surface area contributed by atoms with Crippen LogP contribution in [0.2, 0.25) is 0 Å². The number of hydrogen-bond acceptors (Lipinski definition) is 6. The van der Waals surface area contributed by atoms with Crippen molar-refractivity contribution in [1.29, 1.82) is 0 Å². The van der Waals surface area contributed by atoms with Crippen molar-refractivity contribution in [1.82, 2.24) is 0 Å². The van der Waals surface area contributed by atoms with Crippen molar-refractivity contribution < 1.29 is 28.6 Å². The van der Waals surface area contributed by atoms with Gasteiger partial charge >= 0.3 is 17.9 Å². The van der Waals surface area contributed by atoms with Crippen LogP contribution in [0.1, 0.15) is 303 Å². The average molecular weight is 966 g/mol. The van der Waals surface area contributed by atoms with E-state index < -0.39 is 6.10 Å². The third kappa shape index (κ3) is 55.9. The van der Waals surface area contributed by atoms with Gasteiger partial charge < -0.3 is 14.2 Å². The fourth-order valence-corrected chi connectivity index (χ4v) is 8.59. The van der Waals surface area contributed by atoms with E-state index in [1.54, 1.807) is 0 Å². The average Bonchev–Trinajstić information content (AvgIpc) is 3.35. The van der Waals surface area contributed by atoms with Crippen molar-refractivity contribution in [3.8, 4) is 0 Å². The standard InChI is InChI=1S/C63H112O6/c1-4-7-10-13-16-18-20-22-24-26-28-29-30-31-32-33-34-35-36-38-39-41-43-45-47-50-53-56-62(65)68-59-60(58-67-61(64)55-52-49-15-12-9-6-3)69-63(66)57-54-51-48-46-44-42-40-37-27-25-23-21-19-17-14-11-8-5-2/h7,10,16,18,22,24,28-29,31-32,60H,4-6,8-9,11-15,17,19-21,23,25-27,30,33-59H2,1-3H3/b10-7-,18-16-,24-22-,29-28-,32-31-. The minimum absolute atomic E-state index is 0.0715. The zero-order valence-corrected chi connectivity index (χ0v) is 45.8. The fourth-order valence-electron chi connectivity index (χ4n) is 8.59. The van der Waals surface area contributed by atoms with Gasteiger partial charge in [0, 0.05) is 19.3 Å². The van der Waals surface area contributed by atoms with E-state index in [0.29, 0.717) is 19.3 Å². The molecule has 0 fully saturated rings. The molecule has 0 saturated heterocycles. The molecule has 0 saturated carbocycles. The SMILES string of the molecule is CC/C=C\C/C=C\C/C=C\C/C=C\C/C=C\CCCCCCCCCCCCCC(=O)OCC(COC(=O)CCCCCCCC)OC(=O)CCCCCCCCCCCCCCCCCCCC. The van der Waals surface area contributed by atoms with Gasteiger partial charge in [0.15, 0.2) is 6.10 Å². The Hall–Kier alpha value is -2.89. The highest BCUT2D eigenvalue weighted by Crippen LogP contribution is 2.17. The zero-order valence-electron chi connectivity index (χ0n) is 45.8. The van der Waals surface area contributed by atoms with Crippen molar-refractivity contribution >= 4 is 17.9 Å². The van der Waals surface area contributed by atoms with Crippen LogP contribution in [0.25, 0.3) is 0 Å². The highest BCUT2D eigenvalue weighted by atomic mass is 16.6. The van der Waals surface area contributed by atoms with Crippen molar-refractivity contribution in [3.05, 3.63) is 60.8 Å². The number of hydrogen-bond donors (Lipinski definition) is 0. The molecule has 0 radical (unpaired) electrons. The first kappa shape index (κ1) is 66.1. The molecule has 0 rings (SSSR count). The van der Waals surface area contributed by atoms with E-state index in [9.17, 15) is 14.4 Å². The van der Waals surface area contributed by atoms with E-state index in [2.05, 4.69) is 81.5 Å². The first-order valence-electron chi connectivity index (χ1n) is 29.8. The van der Waals surface area contributed by atoms with Gasteiger partial charge in [-0.25, -0.2) is 0 Å². The number of rotatable bonds is 54. The summed E-state index contributed by atoms with van der Waals surface area (Å²) in [7, 11) is 0. The van der Waals surface area contributed by atoms with Gasteiger partial charge in [-0.05, 0) is 64.2 Å². The predicted octanol–water partition coefficient (Wildman–Crippen LogP) is 20.0. The molecule has 0 N–H and O–H groups in total. The highest BCUT2D eigenvalue weighted by molar-refractivity contribution is 5.71. The summed E-state index contributed by atoms with van der Waals surface area (Å²) in [6.45, 7) is 6.50. The Bertz CT molecular complexity index is 1250. The molecule has 0 amide bonds. The Labute approximate surface area is 428 Å². The molecular formula is C63H112O6. The number of carbonyl (C=O) groups is 3. The maximum atomic E-state index is 12.8. The van der Waals surface area contributed by atoms with Gasteiger partial charge in [-0.15, -0.1) is 0 Å². The number of esters is 3. The molecule has 0 aromatic rings. The van der Waals surface area contributed by atoms with Crippen molar-refractivity contribution in [3.63, 3.8) is 0 Å². The second-order valence-electron chi connectivity index (χ2n) is 19.9. The predicted molar refractivity (Wildman–Crippen MR) is 298 cm³/mol.